The molecule has 112 valence electrons. The molecule has 1 aromatic rings. The van der Waals surface area contributed by atoms with Gasteiger partial charge in [0, 0.05) is 30.4 Å². The van der Waals surface area contributed by atoms with Gasteiger partial charge in [0.2, 0.25) is 0 Å². The standard InChI is InChI=1S/C17H29N3/c1-13(16-12-18-20(3)14(16)2)19-15-6-10-17(11-7-15)8-4-5-9-17/h12-13,15,19H,4-11H2,1-3H3. The highest BCUT2D eigenvalue weighted by molar-refractivity contribution is 5.19. The van der Waals surface area contributed by atoms with Gasteiger partial charge in [-0.15, -0.1) is 0 Å². The third-order valence-corrected chi connectivity index (χ3v) is 5.94. The molecular formula is C17H29N3. The Labute approximate surface area is 123 Å². The van der Waals surface area contributed by atoms with Crippen molar-refractivity contribution < 1.29 is 0 Å². The van der Waals surface area contributed by atoms with Crippen molar-refractivity contribution in [1.29, 1.82) is 0 Å². The number of rotatable bonds is 3. The summed E-state index contributed by atoms with van der Waals surface area (Å²) in [6.07, 6.45) is 13.6. The topological polar surface area (TPSA) is 29.9 Å². The molecule has 1 atom stereocenters. The molecular weight excluding hydrogens is 246 g/mol. The van der Waals surface area contributed by atoms with Gasteiger partial charge in [-0.2, -0.15) is 5.10 Å². The Morgan fingerprint density at radius 1 is 1.25 bits per heavy atom. The largest absolute Gasteiger partial charge is 0.307 e. The summed E-state index contributed by atoms with van der Waals surface area (Å²) >= 11 is 0. The molecule has 2 aliphatic rings. The molecule has 1 unspecified atom stereocenters. The lowest BCUT2D eigenvalue weighted by atomic mass is 9.71. The van der Waals surface area contributed by atoms with Crippen LogP contribution in [0.15, 0.2) is 6.20 Å². The molecule has 1 aromatic heterocycles. The van der Waals surface area contributed by atoms with Gasteiger partial charge in [-0.1, -0.05) is 12.8 Å². The summed E-state index contributed by atoms with van der Waals surface area (Å²) in [5.74, 6) is 0. The first-order valence-electron chi connectivity index (χ1n) is 8.34. The maximum absolute atomic E-state index is 4.36. The van der Waals surface area contributed by atoms with Crippen molar-refractivity contribution in [3.63, 3.8) is 0 Å². The van der Waals surface area contributed by atoms with Gasteiger partial charge in [0.25, 0.3) is 0 Å². The monoisotopic (exact) mass is 275 g/mol. The summed E-state index contributed by atoms with van der Waals surface area (Å²) < 4.78 is 1.97. The van der Waals surface area contributed by atoms with Gasteiger partial charge in [0.15, 0.2) is 0 Å². The number of aromatic nitrogens is 2. The molecule has 3 heteroatoms. The molecule has 1 spiro atoms. The van der Waals surface area contributed by atoms with E-state index in [0.29, 0.717) is 12.1 Å². The Hall–Kier alpha value is -0.830. The minimum absolute atomic E-state index is 0.423. The first-order chi connectivity index (χ1) is 9.60. The Balaban J connectivity index is 1.55. The number of hydrogen-bond donors (Lipinski definition) is 1. The zero-order chi connectivity index (χ0) is 14.2. The molecule has 2 saturated carbocycles. The lowest BCUT2D eigenvalue weighted by molar-refractivity contribution is 0.164. The fourth-order valence-corrected chi connectivity index (χ4v) is 4.41. The summed E-state index contributed by atoms with van der Waals surface area (Å²) in [5.41, 5.74) is 3.38. The predicted molar refractivity (Wildman–Crippen MR) is 82.7 cm³/mol. The highest BCUT2D eigenvalue weighted by Gasteiger charge is 2.37. The van der Waals surface area contributed by atoms with Crippen molar-refractivity contribution in [2.45, 2.75) is 77.3 Å². The number of nitrogens with one attached hydrogen (secondary N) is 1. The average Bonchev–Trinajstić information content (AvgIpc) is 3.02. The Morgan fingerprint density at radius 3 is 2.45 bits per heavy atom. The van der Waals surface area contributed by atoms with Gasteiger partial charge >= 0.3 is 0 Å². The molecule has 2 fully saturated rings. The van der Waals surface area contributed by atoms with Crippen molar-refractivity contribution in [2.24, 2.45) is 12.5 Å². The Bertz CT molecular complexity index is 447. The van der Waals surface area contributed by atoms with Crippen molar-refractivity contribution in [2.75, 3.05) is 0 Å². The molecule has 20 heavy (non-hydrogen) atoms. The van der Waals surface area contributed by atoms with E-state index in [2.05, 4.69) is 24.3 Å². The second-order valence-electron chi connectivity index (χ2n) is 7.18. The minimum atomic E-state index is 0.423. The normalized spacial score (nSPS) is 24.4. The zero-order valence-corrected chi connectivity index (χ0v) is 13.3. The van der Waals surface area contributed by atoms with Crippen molar-refractivity contribution in [1.82, 2.24) is 15.1 Å². The number of hydrogen-bond acceptors (Lipinski definition) is 2. The highest BCUT2D eigenvalue weighted by atomic mass is 15.3. The van der Waals surface area contributed by atoms with E-state index in [0.717, 1.165) is 5.41 Å². The van der Waals surface area contributed by atoms with Crippen LogP contribution in [0.3, 0.4) is 0 Å². The molecule has 0 bridgehead atoms. The maximum Gasteiger partial charge on any atom is 0.0540 e. The van der Waals surface area contributed by atoms with Gasteiger partial charge in [0.05, 0.1) is 6.20 Å². The van der Waals surface area contributed by atoms with E-state index in [-0.39, 0.29) is 0 Å². The molecule has 0 aliphatic heterocycles. The fraction of sp³-hybridized carbons (Fsp3) is 0.824. The van der Waals surface area contributed by atoms with Crippen LogP contribution < -0.4 is 5.32 Å². The van der Waals surface area contributed by atoms with Gasteiger partial charge in [-0.05, 0) is 57.8 Å². The average molecular weight is 275 g/mol. The third kappa shape index (κ3) is 2.65. The van der Waals surface area contributed by atoms with Crippen molar-refractivity contribution >= 4 is 0 Å². The predicted octanol–water partition coefficient (Wildman–Crippen LogP) is 3.88. The van der Waals surface area contributed by atoms with Crippen LogP contribution in [0, 0.1) is 12.3 Å². The van der Waals surface area contributed by atoms with Gasteiger partial charge in [0.1, 0.15) is 0 Å². The van der Waals surface area contributed by atoms with E-state index in [1.165, 1.54) is 62.6 Å². The highest BCUT2D eigenvalue weighted by Crippen LogP contribution is 2.49. The molecule has 0 amide bonds. The zero-order valence-electron chi connectivity index (χ0n) is 13.3. The molecule has 0 radical (unpaired) electrons. The van der Waals surface area contributed by atoms with Crippen LogP contribution in [0.25, 0.3) is 0 Å². The van der Waals surface area contributed by atoms with Gasteiger partial charge < -0.3 is 5.32 Å². The van der Waals surface area contributed by atoms with E-state index >= 15 is 0 Å². The van der Waals surface area contributed by atoms with Crippen LogP contribution in [-0.2, 0) is 7.05 Å². The van der Waals surface area contributed by atoms with Crippen LogP contribution in [0.4, 0.5) is 0 Å². The fourth-order valence-electron chi connectivity index (χ4n) is 4.41. The maximum atomic E-state index is 4.36. The van der Waals surface area contributed by atoms with E-state index in [4.69, 9.17) is 0 Å². The summed E-state index contributed by atoms with van der Waals surface area (Å²) in [7, 11) is 2.02. The molecule has 0 aromatic carbocycles. The van der Waals surface area contributed by atoms with E-state index in [1.807, 2.05) is 17.9 Å². The van der Waals surface area contributed by atoms with Gasteiger partial charge in [-0.3, -0.25) is 4.68 Å². The van der Waals surface area contributed by atoms with Crippen molar-refractivity contribution in [3.8, 4) is 0 Å². The molecule has 1 heterocycles. The van der Waals surface area contributed by atoms with Crippen LogP contribution in [0.2, 0.25) is 0 Å². The number of aryl methyl sites for hydroxylation is 1. The number of nitrogens with zero attached hydrogens (tertiary/aromatic N) is 2. The summed E-state index contributed by atoms with van der Waals surface area (Å²) in [4.78, 5) is 0. The minimum Gasteiger partial charge on any atom is -0.307 e. The Morgan fingerprint density at radius 2 is 1.90 bits per heavy atom. The van der Waals surface area contributed by atoms with Crippen LogP contribution in [-0.4, -0.2) is 15.8 Å². The molecule has 3 nitrogen and oxygen atoms in total. The third-order valence-electron chi connectivity index (χ3n) is 5.94. The quantitative estimate of drug-likeness (QED) is 0.907. The van der Waals surface area contributed by atoms with E-state index in [1.54, 1.807) is 0 Å². The van der Waals surface area contributed by atoms with Crippen molar-refractivity contribution in [3.05, 3.63) is 17.5 Å². The molecule has 2 aliphatic carbocycles. The second-order valence-corrected chi connectivity index (χ2v) is 7.18. The molecule has 0 saturated heterocycles. The lowest BCUT2D eigenvalue weighted by Crippen LogP contribution is -2.38. The molecule has 3 rings (SSSR count). The van der Waals surface area contributed by atoms with Gasteiger partial charge in [-0.25, -0.2) is 0 Å². The first-order valence-corrected chi connectivity index (χ1v) is 8.34. The SMILES string of the molecule is Cc1c(C(C)NC2CCC3(CCCC3)CC2)cnn1C. The summed E-state index contributed by atoms with van der Waals surface area (Å²) in [6, 6.07) is 1.13. The van der Waals surface area contributed by atoms with E-state index < -0.39 is 0 Å². The molecule has 1 N–H and O–H groups in total. The van der Waals surface area contributed by atoms with Crippen LogP contribution in [0.5, 0.6) is 0 Å². The van der Waals surface area contributed by atoms with E-state index in [9.17, 15) is 0 Å². The second kappa shape index (κ2) is 5.51. The summed E-state index contributed by atoms with van der Waals surface area (Å²) in [6.45, 7) is 4.44. The smallest absolute Gasteiger partial charge is 0.0540 e. The van der Waals surface area contributed by atoms with Crippen LogP contribution in [0.1, 0.15) is 75.6 Å². The lowest BCUT2D eigenvalue weighted by Gasteiger charge is -2.38. The summed E-state index contributed by atoms with van der Waals surface area (Å²) in [5, 5.41) is 8.21. The first kappa shape index (κ1) is 14.1. The van der Waals surface area contributed by atoms with Crippen LogP contribution >= 0.6 is 0 Å². The Kier molecular flexibility index (Phi) is 3.89.